The van der Waals surface area contributed by atoms with Crippen LogP contribution in [0.5, 0.6) is 0 Å². The van der Waals surface area contributed by atoms with Gasteiger partial charge in [0.05, 0.1) is 10.3 Å². The number of thioether (sulfide) groups is 1. The maximum Gasteiger partial charge on any atom is 0.276 e. The summed E-state index contributed by atoms with van der Waals surface area (Å²) in [5.74, 6) is 0.328. The van der Waals surface area contributed by atoms with Crippen molar-refractivity contribution in [1.29, 1.82) is 0 Å². The molecule has 140 valence electrons. The van der Waals surface area contributed by atoms with Crippen molar-refractivity contribution in [2.45, 2.75) is 6.17 Å². The Morgan fingerprint density at radius 3 is 2.71 bits per heavy atom. The molecule has 2 heterocycles. The van der Waals surface area contributed by atoms with Crippen molar-refractivity contribution >= 4 is 34.2 Å². The van der Waals surface area contributed by atoms with E-state index in [4.69, 9.17) is 4.99 Å². The number of rotatable bonds is 4. The minimum absolute atomic E-state index is 0.00808. The maximum absolute atomic E-state index is 12.8. The molecule has 28 heavy (non-hydrogen) atoms. The lowest BCUT2D eigenvalue weighted by atomic mass is 10.1. The van der Waals surface area contributed by atoms with Crippen LogP contribution in [0, 0.1) is 10.1 Å². The van der Waals surface area contributed by atoms with E-state index in [2.05, 4.69) is 17.0 Å². The second-order valence-electron chi connectivity index (χ2n) is 6.02. The number of para-hydroxylation sites is 1. The van der Waals surface area contributed by atoms with E-state index < -0.39 is 11.1 Å². The summed E-state index contributed by atoms with van der Waals surface area (Å²) in [6.45, 7) is 3.68. The number of fused-ring (bicyclic) bond motifs is 2. The fraction of sp³-hybridized carbons (Fsp3) is 0.105. The Morgan fingerprint density at radius 1 is 1.25 bits per heavy atom. The molecule has 1 unspecified atom stereocenters. The predicted octanol–water partition coefficient (Wildman–Crippen LogP) is 1.66. The standard InChI is InChI=1S/C19H15N5O3S/c1-2-11-28-19-21-18(25)16-14-5-3-4-6-15(14)20-17(23(16)22-19)12-7-9-13(10-8-12)24(26)27/h2-10,17H,1,11H2,(H,21,22,25). The Bertz CT molecular complexity index is 1130. The summed E-state index contributed by atoms with van der Waals surface area (Å²) >= 11 is 1.36. The van der Waals surface area contributed by atoms with E-state index in [0.717, 1.165) is 0 Å². The van der Waals surface area contributed by atoms with E-state index in [1.165, 1.54) is 23.9 Å². The number of hydrogen-bond acceptors (Lipinski definition) is 7. The van der Waals surface area contributed by atoms with E-state index in [0.29, 0.717) is 32.8 Å². The Labute approximate surface area is 164 Å². The first kappa shape index (κ1) is 17.9. The van der Waals surface area contributed by atoms with Crippen molar-refractivity contribution in [2.75, 3.05) is 5.75 Å². The highest BCUT2D eigenvalue weighted by molar-refractivity contribution is 8.14. The molecular weight excluding hydrogens is 378 g/mol. The van der Waals surface area contributed by atoms with Gasteiger partial charge in [-0.3, -0.25) is 25.2 Å². The van der Waals surface area contributed by atoms with Gasteiger partial charge in [0, 0.05) is 23.1 Å². The van der Waals surface area contributed by atoms with Gasteiger partial charge in [-0.2, -0.15) is 0 Å². The smallest absolute Gasteiger partial charge is 0.276 e. The molecule has 0 spiro atoms. The molecule has 0 saturated carbocycles. The topological polar surface area (TPSA) is 100 Å². The second kappa shape index (κ2) is 7.28. The van der Waals surface area contributed by atoms with E-state index >= 15 is 0 Å². The summed E-state index contributed by atoms with van der Waals surface area (Å²) in [5.41, 5.74) is 1.09. The largest absolute Gasteiger partial charge is 0.298 e. The lowest BCUT2D eigenvalue weighted by Crippen LogP contribution is -2.50. The molecule has 0 aromatic heterocycles. The van der Waals surface area contributed by atoms with Gasteiger partial charge in [0.25, 0.3) is 11.6 Å². The van der Waals surface area contributed by atoms with Crippen LogP contribution in [0.25, 0.3) is 5.70 Å². The lowest BCUT2D eigenvalue weighted by molar-refractivity contribution is -0.384. The second-order valence-corrected chi connectivity index (χ2v) is 7.03. The minimum Gasteiger partial charge on any atom is -0.298 e. The highest BCUT2D eigenvalue weighted by Gasteiger charge is 2.34. The Balaban J connectivity index is 1.86. The molecule has 2 aliphatic rings. The van der Waals surface area contributed by atoms with Gasteiger partial charge in [-0.1, -0.05) is 36.0 Å². The number of nitrogens with zero attached hydrogens (tertiary/aromatic N) is 4. The van der Waals surface area contributed by atoms with Crippen LogP contribution >= 0.6 is 11.8 Å². The number of benzene rings is 2. The summed E-state index contributed by atoms with van der Waals surface area (Å²) in [4.78, 5) is 28.1. The molecule has 1 N–H and O–H groups in total. The summed E-state index contributed by atoms with van der Waals surface area (Å²) in [6, 6.07) is 13.5. The van der Waals surface area contributed by atoms with Crippen LogP contribution in [0.15, 0.2) is 71.3 Å². The number of carbonyl (C=O) groups is 1. The van der Waals surface area contributed by atoms with Crippen LogP contribution < -0.4 is 15.9 Å². The summed E-state index contributed by atoms with van der Waals surface area (Å²) < 4.78 is 0. The Morgan fingerprint density at radius 2 is 2.00 bits per heavy atom. The number of hydrazone groups is 1. The fourth-order valence-corrected chi connectivity index (χ4v) is 3.60. The van der Waals surface area contributed by atoms with E-state index in [-0.39, 0.29) is 11.6 Å². The maximum atomic E-state index is 12.8. The zero-order valence-electron chi connectivity index (χ0n) is 14.6. The highest BCUT2D eigenvalue weighted by Crippen LogP contribution is 2.31. The highest BCUT2D eigenvalue weighted by atomic mass is 32.2. The van der Waals surface area contributed by atoms with Crippen LogP contribution in [0.1, 0.15) is 11.7 Å². The summed E-state index contributed by atoms with van der Waals surface area (Å²) in [5, 5.41) is 21.7. The molecule has 1 atom stereocenters. The number of nitro groups is 1. The summed E-state index contributed by atoms with van der Waals surface area (Å²) in [7, 11) is 0. The molecule has 2 aliphatic heterocycles. The molecular formula is C19H15N5O3S. The van der Waals surface area contributed by atoms with Crippen LogP contribution in [0.3, 0.4) is 0 Å². The molecule has 2 aromatic carbocycles. The third kappa shape index (κ3) is 3.16. The average Bonchev–Trinajstić information content (AvgIpc) is 2.71. The van der Waals surface area contributed by atoms with Crippen molar-refractivity contribution in [1.82, 2.24) is 10.3 Å². The molecule has 0 saturated heterocycles. The van der Waals surface area contributed by atoms with Gasteiger partial charge in [-0.15, -0.1) is 11.7 Å². The van der Waals surface area contributed by atoms with Gasteiger partial charge >= 0.3 is 0 Å². The van der Waals surface area contributed by atoms with E-state index in [9.17, 15) is 14.9 Å². The first-order chi connectivity index (χ1) is 13.6. The number of nitro benzene ring substituents is 1. The normalized spacial score (nSPS) is 17.6. The molecule has 0 aliphatic carbocycles. The van der Waals surface area contributed by atoms with Crippen LogP contribution in [-0.2, 0) is 4.79 Å². The van der Waals surface area contributed by atoms with Gasteiger partial charge in [0.1, 0.15) is 5.70 Å². The molecule has 4 rings (SSSR count). The van der Waals surface area contributed by atoms with Gasteiger partial charge in [0.15, 0.2) is 11.3 Å². The lowest BCUT2D eigenvalue weighted by Gasteiger charge is -2.34. The van der Waals surface area contributed by atoms with Gasteiger partial charge < -0.3 is 0 Å². The van der Waals surface area contributed by atoms with E-state index in [1.54, 1.807) is 23.2 Å². The molecule has 1 amide bonds. The van der Waals surface area contributed by atoms with Crippen LogP contribution in [0.4, 0.5) is 5.69 Å². The average molecular weight is 393 g/mol. The Hall–Kier alpha value is -3.46. The summed E-state index contributed by atoms with van der Waals surface area (Å²) in [6.07, 6.45) is 1.12. The number of amidine groups is 1. The molecule has 0 radical (unpaired) electrons. The van der Waals surface area contributed by atoms with Gasteiger partial charge in [0.2, 0.25) is 0 Å². The van der Waals surface area contributed by atoms with Crippen molar-refractivity contribution in [2.24, 2.45) is 10.1 Å². The van der Waals surface area contributed by atoms with Crippen molar-refractivity contribution < 1.29 is 9.72 Å². The molecule has 0 fully saturated rings. The first-order valence-electron chi connectivity index (χ1n) is 8.43. The van der Waals surface area contributed by atoms with Gasteiger partial charge in [-0.25, -0.2) is 5.01 Å². The number of hydrogen-bond donors (Lipinski definition) is 1. The first-order valence-corrected chi connectivity index (χ1v) is 9.41. The number of nitrogens with one attached hydrogen (secondary N) is 1. The predicted molar refractivity (Wildman–Crippen MR) is 107 cm³/mol. The number of carbonyl (C=O) groups excluding carboxylic acids is 1. The quantitative estimate of drug-likeness (QED) is 0.484. The molecule has 2 aromatic rings. The fourth-order valence-electron chi connectivity index (χ4n) is 3.02. The number of non-ortho nitro benzene ring substituents is 1. The molecule has 9 heteroatoms. The monoisotopic (exact) mass is 393 g/mol. The van der Waals surface area contributed by atoms with E-state index in [1.807, 2.05) is 24.3 Å². The van der Waals surface area contributed by atoms with Crippen molar-refractivity contribution in [3.8, 4) is 0 Å². The SMILES string of the molecule is C=CCSC1=NN2C(=c3ccccc3=NC2c2ccc([N+](=O)[O-])cc2)C(=O)N1. The molecule has 0 bridgehead atoms. The third-order valence-corrected chi connectivity index (χ3v) is 5.11. The zero-order chi connectivity index (χ0) is 19.7. The molecule has 8 nitrogen and oxygen atoms in total. The van der Waals surface area contributed by atoms with Crippen molar-refractivity contribution in [3.63, 3.8) is 0 Å². The number of amides is 1. The Kier molecular flexibility index (Phi) is 4.66. The van der Waals surface area contributed by atoms with Crippen molar-refractivity contribution in [3.05, 3.63) is 87.4 Å². The van der Waals surface area contributed by atoms with Gasteiger partial charge in [-0.05, 0) is 23.8 Å². The minimum atomic E-state index is -0.601. The van der Waals surface area contributed by atoms with Crippen LogP contribution in [0.2, 0.25) is 0 Å². The third-order valence-electron chi connectivity index (χ3n) is 4.26. The zero-order valence-corrected chi connectivity index (χ0v) is 15.4. The van der Waals surface area contributed by atoms with Crippen LogP contribution in [-0.4, -0.2) is 26.8 Å².